The zero-order valence-electron chi connectivity index (χ0n) is 16.5. The first kappa shape index (κ1) is 22.1. The summed E-state index contributed by atoms with van der Waals surface area (Å²) in [5.74, 6) is 2.56. The SMILES string of the molecule is C=CCNC(=NCc1nnc(C)n1C)NC1CCOC2(CCCCC2)C1.I. The van der Waals surface area contributed by atoms with Crippen LogP contribution in [-0.2, 0) is 18.3 Å². The molecule has 1 spiro atoms. The molecule has 2 heterocycles. The van der Waals surface area contributed by atoms with Crippen molar-refractivity contribution in [2.75, 3.05) is 13.2 Å². The predicted octanol–water partition coefficient (Wildman–Crippen LogP) is 2.84. The van der Waals surface area contributed by atoms with Gasteiger partial charge in [0.15, 0.2) is 11.8 Å². The molecule has 0 amide bonds. The number of nitrogens with zero attached hydrogens (tertiary/aromatic N) is 4. The van der Waals surface area contributed by atoms with Crippen LogP contribution in [0.25, 0.3) is 0 Å². The van der Waals surface area contributed by atoms with Gasteiger partial charge in [0.25, 0.3) is 0 Å². The van der Waals surface area contributed by atoms with Crippen molar-refractivity contribution in [2.45, 2.75) is 70.1 Å². The van der Waals surface area contributed by atoms with Gasteiger partial charge < -0.3 is 19.9 Å². The Bertz CT molecular complexity index is 633. The summed E-state index contributed by atoms with van der Waals surface area (Å²) in [7, 11) is 1.97. The molecule has 1 saturated heterocycles. The fourth-order valence-corrected chi connectivity index (χ4v) is 3.95. The molecule has 2 aliphatic rings. The largest absolute Gasteiger partial charge is 0.375 e. The van der Waals surface area contributed by atoms with E-state index in [1.54, 1.807) is 0 Å². The summed E-state index contributed by atoms with van der Waals surface area (Å²) in [6.07, 6.45) is 10.2. The molecule has 1 atom stereocenters. The number of guanidine groups is 1. The lowest BCUT2D eigenvalue weighted by Gasteiger charge is -2.44. The average molecular weight is 488 g/mol. The highest BCUT2D eigenvalue weighted by Gasteiger charge is 2.38. The van der Waals surface area contributed by atoms with Crippen molar-refractivity contribution in [3.05, 3.63) is 24.3 Å². The number of nitrogens with one attached hydrogen (secondary N) is 2. The van der Waals surface area contributed by atoms with Crippen LogP contribution in [0.4, 0.5) is 0 Å². The van der Waals surface area contributed by atoms with Gasteiger partial charge >= 0.3 is 0 Å². The number of aliphatic imine (C=N–C) groups is 1. The van der Waals surface area contributed by atoms with E-state index in [-0.39, 0.29) is 29.6 Å². The van der Waals surface area contributed by atoms with Crippen LogP contribution in [-0.4, -0.2) is 45.5 Å². The van der Waals surface area contributed by atoms with E-state index in [2.05, 4.69) is 27.4 Å². The fraction of sp³-hybridized carbons (Fsp3) is 0.737. The lowest BCUT2D eigenvalue weighted by Crippen LogP contribution is -2.52. The lowest BCUT2D eigenvalue weighted by molar-refractivity contribution is -0.107. The summed E-state index contributed by atoms with van der Waals surface area (Å²) in [6.45, 7) is 7.74. The Morgan fingerprint density at radius 3 is 2.81 bits per heavy atom. The standard InChI is InChI=1S/C19H32N6O.HI/c1-4-11-20-18(21-14-17-24-23-15(2)25(17)3)22-16-8-12-26-19(13-16)9-6-5-7-10-19;/h4,16H,1,5-14H2,2-3H3,(H2,20,21,22);1H. The molecule has 8 heteroatoms. The second-order valence-electron chi connectivity index (χ2n) is 7.48. The third-order valence-corrected chi connectivity index (χ3v) is 5.57. The van der Waals surface area contributed by atoms with E-state index < -0.39 is 0 Å². The molecule has 1 saturated carbocycles. The van der Waals surface area contributed by atoms with Crippen molar-refractivity contribution < 1.29 is 4.74 Å². The minimum Gasteiger partial charge on any atom is -0.375 e. The first-order valence-corrected chi connectivity index (χ1v) is 9.76. The van der Waals surface area contributed by atoms with Gasteiger partial charge in [-0.1, -0.05) is 25.3 Å². The third kappa shape index (κ3) is 5.91. The van der Waals surface area contributed by atoms with Gasteiger partial charge in [-0.05, 0) is 32.6 Å². The van der Waals surface area contributed by atoms with E-state index in [9.17, 15) is 0 Å². The van der Waals surface area contributed by atoms with E-state index in [4.69, 9.17) is 9.73 Å². The molecule has 0 bridgehead atoms. The molecule has 152 valence electrons. The van der Waals surface area contributed by atoms with Crippen molar-refractivity contribution >= 4 is 29.9 Å². The molecule has 27 heavy (non-hydrogen) atoms. The predicted molar refractivity (Wildman–Crippen MR) is 118 cm³/mol. The van der Waals surface area contributed by atoms with Crippen molar-refractivity contribution in [2.24, 2.45) is 12.0 Å². The number of halogens is 1. The summed E-state index contributed by atoms with van der Waals surface area (Å²) >= 11 is 0. The maximum Gasteiger partial charge on any atom is 0.192 e. The molecule has 2 N–H and O–H groups in total. The molecule has 0 aromatic carbocycles. The van der Waals surface area contributed by atoms with Crippen LogP contribution >= 0.6 is 24.0 Å². The van der Waals surface area contributed by atoms with Gasteiger partial charge in [0.05, 0.1) is 5.60 Å². The maximum atomic E-state index is 6.21. The maximum absolute atomic E-state index is 6.21. The quantitative estimate of drug-likeness (QED) is 0.289. The third-order valence-electron chi connectivity index (χ3n) is 5.57. The van der Waals surface area contributed by atoms with E-state index in [1.807, 2.05) is 24.6 Å². The lowest BCUT2D eigenvalue weighted by atomic mass is 9.78. The van der Waals surface area contributed by atoms with E-state index in [0.29, 0.717) is 19.1 Å². The second-order valence-corrected chi connectivity index (χ2v) is 7.48. The molecule has 0 radical (unpaired) electrons. The zero-order chi connectivity index (χ0) is 18.4. The molecule has 1 aromatic heterocycles. The van der Waals surface area contributed by atoms with Crippen LogP contribution in [0.15, 0.2) is 17.6 Å². The number of aryl methyl sites for hydroxylation is 1. The van der Waals surface area contributed by atoms with Crippen molar-refractivity contribution in [3.8, 4) is 0 Å². The Hall–Kier alpha value is -1.16. The minimum absolute atomic E-state index is 0. The molecular weight excluding hydrogens is 455 g/mol. The number of hydrogen-bond donors (Lipinski definition) is 2. The number of rotatable bonds is 5. The Kier molecular flexibility index (Phi) is 8.53. The first-order valence-electron chi connectivity index (χ1n) is 9.76. The highest BCUT2D eigenvalue weighted by atomic mass is 127. The van der Waals surface area contributed by atoms with Crippen LogP contribution in [0.3, 0.4) is 0 Å². The van der Waals surface area contributed by atoms with Gasteiger partial charge in [0.2, 0.25) is 0 Å². The Morgan fingerprint density at radius 1 is 1.37 bits per heavy atom. The second kappa shape index (κ2) is 10.4. The molecule has 1 unspecified atom stereocenters. The van der Waals surface area contributed by atoms with Gasteiger partial charge in [-0.2, -0.15) is 0 Å². The van der Waals surface area contributed by atoms with Crippen molar-refractivity contribution in [1.29, 1.82) is 0 Å². The molecule has 7 nitrogen and oxygen atoms in total. The summed E-state index contributed by atoms with van der Waals surface area (Å²) in [6, 6.07) is 0.388. The summed E-state index contributed by atoms with van der Waals surface area (Å²) in [5.41, 5.74) is 0.0818. The topological polar surface area (TPSA) is 76.4 Å². The molecule has 1 aromatic rings. The van der Waals surface area contributed by atoms with E-state index >= 15 is 0 Å². The fourth-order valence-electron chi connectivity index (χ4n) is 3.95. The molecule has 2 fully saturated rings. The van der Waals surface area contributed by atoms with Crippen molar-refractivity contribution in [3.63, 3.8) is 0 Å². The zero-order valence-corrected chi connectivity index (χ0v) is 18.9. The van der Waals surface area contributed by atoms with Gasteiger partial charge in [-0.15, -0.1) is 40.8 Å². The van der Waals surface area contributed by atoms with Gasteiger partial charge in [-0.25, -0.2) is 4.99 Å². The molecular formula is C19H33IN6O. The Balaban J connectivity index is 0.00000261. The highest BCUT2D eigenvalue weighted by Crippen LogP contribution is 2.38. The number of aromatic nitrogens is 3. The molecule has 1 aliphatic heterocycles. The van der Waals surface area contributed by atoms with Crippen molar-refractivity contribution in [1.82, 2.24) is 25.4 Å². The minimum atomic E-state index is 0. The van der Waals surface area contributed by atoms with Gasteiger partial charge in [0.1, 0.15) is 12.4 Å². The van der Waals surface area contributed by atoms with Gasteiger partial charge in [0, 0.05) is 26.2 Å². The Morgan fingerprint density at radius 2 is 2.15 bits per heavy atom. The van der Waals surface area contributed by atoms with Crippen LogP contribution in [0.1, 0.15) is 56.6 Å². The highest BCUT2D eigenvalue weighted by molar-refractivity contribution is 14.0. The van der Waals surface area contributed by atoms with E-state index in [1.165, 1.54) is 32.1 Å². The van der Waals surface area contributed by atoms with Crippen LogP contribution in [0.2, 0.25) is 0 Å². The van der Waals surface area contributed by atoms with E-state index in [0.717, 1.165) is 37.1 Å². The molecule has 1 aliphatic carbocycles. The first-order chi connectivity index (χ1) is 12.6. The van der Waals surface area contributed by atoms with Crippen LogP contribution in [0, 0.1) is 6.92 Å². The molecule has 3 rings (SSSR count). The number of ether oxygens (including phenoxy) is 1. The Labute approximate surface area is 179 Å². The summed E-state index contributed by atoms with van der Waals surface area (Å²) < 4.78 is 8.18. The van der Waals surface area contributed by atoms with Gasteiger partial charge in [-0.3, -0.25) is 0 Å². The summed E-state index contributed by atoms with van der Waals surface area (Å²) in [5, 5.41) is 15.2. The normalized spacial score (nSPS) is 22.1. The summed E-state index contributed by atoms with van der Waals surface area (Å²) in [4.78, 5) is 4.72. The van der Waals surface area contributed by atoms with Crippen LogP contribution in [0.5, 0.6) is 0 Å². The monoisotopic (exact) mass is 488 g/mol. The average Bonchev–Trinajstić information content (AvgIpc) is 2.96. The van der Waals surface area contributed by atoms with Crippen LogP contribution < -0.4 is 10.6 Å². The number of hydrogen-bond acceptors (Lipinski definition) is 4. The smallest absolute Gasteiger partial charge is 0.192 e.